The maximum Gasteiger partial charge on any atom is 0.332 e. The van der Waals surface area contributed by atoms with Crippen molar-refractivity contribution in [2.24, 2.45) is 5.92 Å². The summed E-state index contributed by atoms with van der Waals surface area (Å²) in [6.45, 7) is 6.67. The standard InChI is InChI=1S/C26H29N3O4S/c1-4-33-21-12-10-20(11-13-21)29-24(31)23-17(2)18(3)34-25(23)28(26(29)32)16-22(30)27-15-14-19-8-6-5-7-9-19/h5-13,23,25H,4,14-16H2,1-3H3,(H,27,30). The number of carbonyl (C=O) groups excluding carboxylic acids is 3. The number of imide groups is 1. The summed E-state index contributed by atoms with van der Waals surface area (Å²) in [6.07, 6.45) is 0.706. The molecule has 0 saturated carbocycles. The smallest absolute Gasteiger partial charge is 0.332 e. The lowest BCUT2D eigenvalue weighted by Crippen LogP contribution is -2.62. The molecule has 34 heavy (non-hydrogen) atoms. The van der Waals surface area contributed by atoms with Crippen LogP contribution in [0.25, 0.3) is 0 Å². The van der Waals surface area contributed by atoms with Crippen molar-refractivity contribution in [3.63, 3.8) is 0 Å². The molecule has 1 saturated heterocycles. The van der Waals surface area contributed by atoms with Crippen molar-refractivity contribution in [1.29, 1.82) is 0 Å². The highest BCUT2D eigenvalue weighted by Crippen LogP contribution is 2.47. The van der Waals surface area contributed by atoms with E-state index in [9.17, 15) is 14.4 Å². The fourth-order valence-electron chi connectivity index (χ4n) is 4.25. The first-order chi connectivity index (χ1) is 16.4. The average Bonchev–Trinajstić information content (AvgIpc) is 3.13. The Hall–Kier alpha value is -3.26. The largest absolute Gasteiger partial charge is 0.494 e. The van der Waals surface area contributed by atoms with Gasteiger partial charge in [-0.25, -0.2) is 9.69 Å². The summed E-state index contributed by atoms with van der Waals surface area (Å²) in [6, 6.07) is 16.3. The second kappa shape index (κ2) is 10.3. The number of anilines is 1. The highest BCUT2D eigenvalue weighted by molar-refractivity contribution is 8.03. The van der Waals surface area contributed by atoms with Gasteiger partial charge in [0.25, 0.3) is 0 Å². The molecular formula is C26H29N3O4S. The van der Waals surface area contributed by atoms with Gasteiger partial charge < -0.3 is 15.0 Å². The number of ether oxygens (including phenoxy) is 1. The quantitative estimate of drug-likeness (QED) is 0.614. The van der Waals surface area contributed by atoms with Gasteiger partial charge in [-0.1, -0.05) is 30.3 Å². The van der Waals surface area contributed by atoms with E-state index in [1.807, 2.05) is 51.1 Å². The number of nitrogens with zero attached hydrogens (tertiary/aromatic N) is 2. The Morgan fingerprint density at radius 1 is 1.06 bits per heavy atom. The van der Waals surface area contributed by atoms with Gasteiger partial charge in [-0.3, -0.25) is 9.59 Å². The van der Waals surface area contributed by atoms with E-state index in [2.05, 4.69) is 5.32 Å². The molecule has 2 aliphatic heterocycles. The van der Waals surface area contributed by atoms with E-state index in [-0.39, 0.29) is 18.4 Å². The highest BCUT2D eigenvalue weighted by atomic mass is 32.2. The molecule has 2 atom stereocenters. The molecule has 2 aromatic rings. The summed E-state index contributed by atoms with van der Waals surface area (Å²) in [5.74, 6) is -0.320. The molecule has 4 rings (SSSR count). The van der Waals surface area contributed by atoms with Crippen molar-refractivity contribution < 1.29 is 19.1 Å². The molecule has 2 unspecified atom stereocenters. The van der Waals surface area contributed by atoms with Gasteiger partial charge in [0.05, 0.1) is 23.6 Å². The maximum absolute atomic E-state index is 13.5. The van der Waals surface area contributed by atoms with Gasteiger partial charge in [-0.05, 0) is 67.5 Å². The van der Waals surface area contributed by atoms with Crippen LogP contribution in [0.5, 0.6) is 5.75 Å². The van der Waals surface area contributed by atoms with Crippen LogP contribution in [0.4, 0.5) is 10.5 Å². The minimum absolute atomic E-state index is 0.108. The Kier molecular flexibility index (Phi) is 7.26. The van der Waals surface area contributed by atoms with Crippen LogP contribution in [0, 0.1) is 5.92 Å². The molecule has 1 N–H and O–H groups in total. The zero-order chi connectivity index (χ0) is 24.2. The number of hydrogen-bond donors (Lipinski definition) is 1. The van der Waals surface area contributed by atoms with Crippen LogP contribution in [0.3, 0.4) is 0 Å². The van der Waals surface area contributed by atoms with Crippen LogP contribution in [0.15, 0.2) is 65.1 Å². The van der Waals surface area contributed by atoms with Gasteiger partial charge in [0.15, 0.2) is 0 Å². The zero-order valence-electron chi connectivity index (χ0n) is 19.6. The van der Waals surface area contributed by atoms with Crippen molar-refractivity contribution in [2.75, 3.05) is 24.6 Å². The Labute approximate surface area is 204 Å². The second-order valence-electron chi connectivity index (χ2n) is 8.32. The highest BCUT2D eigenvalue weighted by Gasteiger charge is 2.51. The number of urea groups is 1. The number of rotatable bonds is 8. The maximum atomic E-state index is 13.5. The first kappa shape index (κ1) is 23.9. The number of amides is 4. The van der Waals surface area contributed by atoms with Crippen LogP contribution < -0.4 is 15.0 Å². The molecule has 1 fully saturated rings. The van der Waals surface area contributed by atoms with Crippen LogP contribution in [0.1, 0.15) is 26.3 Å². The molecule has 0 aromatic heterocycles. The van der Waals surface area contributed by atoms with Crippen molar-refractivity contribution in [3.8, 4) is 5.75 Å². The minimum Gasteiger partial charge on any atom is -0.494 e. The lowest BCUT2D eigenvalue weighted by molar-refractivity contribution is -0.126. The number of hydrogen-bond acceptors (Lipinski definition) is 5. The third-order valence-corrected chi connectivity index (χ3v) is 7.58. The molecular weight excluding hydrogens is 450 g/mol. The van der Waals surface area contributed by atoms with Crippen LogP contribution in [-0.4, -0.2) is 47.8 Å². The van der Waals surface area contributed by atoms with Gasteiger partial charge >= 0.3 is 6.03 Å². The third kappa shape index (κ3) is 4.82. The van der Waals surface area contributed by atoms with Gasteiger partial charge in [-0.2, -0.15) is 0 Å². The molecule has 8 heteroatoms. The number of benzene rings is 2. The Morgan fingerprint density at radius 2 is 1.76 bits per heavy atom. The van der Waals surface area contributed by atoms with E-state index in [0.717, 1.165) is 16.0 Å². The first-order valence-electron chi connectivity index (χ1n) is 11.4. The summed E-state index contributed by atoms with van der Waals surface area (Å²) >= 11 is 1.48. The Morgan fingerprint density at radius 3 is 2.44 bits per heavy atom. The van der Waals surface area contributed by atoms with Crippen molar-refractivity contribution in [1.82, 2.24) is 10.2 Å². The molecule has 0 bridgehead atoms. The molecule has 7 nitrogen and oxygen atoms in total. The van der Waals surface area contributed by atoms with Crippen LogP contribution >= 0.6 is 11.8 Å². The summed E-state index contributed by atoms with van der Waals surface area (Å²) < 4.78 is 5.48. The topological polar surface area (TPSA) is 79.0 Å². The van der Waals surface area contributed by atoms with Crippen molar-refractivity contribution >= 4 is 35.3 Å². The minimum atomic E-state index is -0.483. The number of thioether (sulfide) groups is 1. The number of fused-ring (bicyclic) bond motifs is 1. The summed E-state index contributed by atoms with van der Waals surface area (Å²) in [5, 5.41) is 2.50. The monoisotopic (exact) mass is 479 g/mol. The number of allylic oxidation sites excluding steroid dienone is 1. The molecule has 2 aliphatic rings. The normalized spacial score (nSPS) is 20.0. The van der Waals surface area contributed by atoms with E-state index in [1.54, 1.807) is 24.3 Å². The lowest BCUT2D eigenvalue weighted by atomic mass is 9.95. The molecule has 2 aromatic carbocycles. The fraction of sp³-hybridized carbons (Fsp3) is 0.346. The van der Waals surface area contributed by atoms with E-state index in [4.69, 9.17) is 4.74 Å². The molecule has 0 spiro atoms. The fourth-order valence-corrected chi connectivity index (χ4v) is 5.67. The third-order valence-electron chi connectivity index (χ3n) is 6.13. The van der Waals surface area contributed by atoms with Crippen molar-refractivity contribution in [2.45, 2.75) is 32.6 Å². The zero-order valence-corrected chi connectivity index (χ0v) is 20.4. The molecule has 0 radical (unpaired) electrons. The SMILES string of the molecule is CCOc1ccc(N2C(=O)C3C(C)=C(C)SC3N(CC(=O)NCCc3ccccc3)C2=O)cc1. The van der Waals surface area contributed by atoms with Crippen LogP contribution in [-0.2, 0) is 16.0 Å². The molecule has 0 aliphatic carbocycles. The van der Waals surface area contributed by atoms with E-state index in [0.29, 0.717) is 31.0 Å². The first-order valence-corrected chi connectivity index (χ1v) is 12.3. The van der Waals surface area contributed by atoms with E-state index >= 15 is 0 Å². The Bertz CT molecular complexity index is 1100. The molecule has 2 heterocycles. The van der Waals surface area contributed by atoms with Gasteiger partial charge in [0.1, 0.15) is 12.3 Å². The molecule has 178 valence electrons. The predicted molar refractivity (Wildman–Crippen MR) is 134 cm³/mol. The predicted octanol–water partition coefficient (Wildman–Crippen LogP) is 4.20. The number of carbonyl (C=O) groups is 3. The Balaban J connectivity index is 1.51. The van der Waals surface area contributed by atoms with Gasteiger partial charge in [-0.15, -0.1) is 11.8 Å². The lowest BCUT2D eigenvalue weighted by Gasteiger charge is -2.41. The number of nitrogens with one attached hydrogen (secondary N) is 1. The second-order valence-corrected chi connectivity index (χ2v) is 9.65. The summed E-state index contributed by atoms with van der Waals surface area (Å²) in [5.41, 5.74) is 2.54. The average molecular weight is 480 g/mol. The van der Waals surface area contributed by atoms with Gasteiger partial charge in [0, 0.05) is 6.54 Å². The van der Waals surface area contributed by atoms with Crippen molar-refractivity contribution in [3.05, 3.63) is 70.6 Å². The van der Waals surface area contributed by atoms with E-state index in [1.165, 1.54) is 21.6 Å². The summed E-state index contributed by atoms with van der Waals surface area (Å²) in [7, 11) is 0. The molecule has 4 amide bonds. The van der Waals surface area contributed by atoms with Gasteiger partial charge in [0.2, 0.25) is 11.8 Å². The van der Waals surface area contributed by atoms with Crippen LogP contribution in [0.2, 0.25) is 0 Å². The summed E-state index contributed by atoms with van der Waals surface area (Å²) in [4.78, 5) is 43.5. The van der Waals surface area contributed by atoms with E-state index < -0.39 is 17.3 Å².